The van der Waals surface area contributed by atoms with Gasteiger partial charge in [0.1, 0.15) is 11.5 Å². The summed E-state index contributed by atoms with van der Waals surface area (Å²) in [5, 5.41) is 16.6. The van der Waals surface area contributed by atoms with E-state index >= 15 is 0 Å². The van der Waals surface area contributed by atoms with E-state index in [9.17, 15) is 14.3 Å². The average Bonchev–Trinajstić information content (AvgIpc) is 3.00. The molecule has 0 bridgehead atoms. The van der Waals surface area contributed by atoms with Crippen LogP contribution in [-0.2, 0) is 0 Å². The lowest BCUT2D eigenvalue weighted by molar-refractivity contribution is 0.0391. The summed E-state index contributed by atoms with van der Waals surface area (Å²) in [6, 6.07) is 7.21. The highest BCUT2D eigenvalue weighted by atomic mass is 19.1. The fraction of sp³-hybridized carbons (Fsp3) is 0.333. The molecule has 0 radical (unpaired) electrons. The molecule has 7 heteroatoms. The van der Waals surface area contributed by atoms with Crippen molar-refractivity contribution < 1.29 is 14.3 Å². The third-order valence-corrected chi connectivity index (χ3v) is 3.87. The third-order valence-electron chi connectivity index (χ3n) is 3.87. The van der Waals surface area contributed by atoms with Crippen molar-refractivity contribution in [2.24, 2.45) is 5.73 Å². The lowest BCUT2D eigenvalue weighted by atomic mass is 10.0. The molecule has 4 N–H and O–H groups in total. The smallest absolute Gasteiger partial charge is 0.271 e. The maximum atomic E-state index is 12.9. The number of nitrogens with one attached hydrogen (secondary N) is 1. The van der Waals surface area contributed by atoms with Crippen molar-refractivity contribution in [3.05, 3.63) is 41.8 Å². The lowest BCUT2D eigenvalue weighted by Crippen LogP contribution is -2.52. The second-order valence-corrected chi connectivity index (χ2v) is 5.44. The van der Waals surface area contributed by atoms with Crippen molar-refractivity contribution in [1.29, 1.82) is 0 Å². The average molecular weight is 304 g/mol. The number of benzene rings is 1. The highest BCUT2D eigenvalue weighted by Gasteiger charge is 2.29. The van der Waals surface area contributed by atoms with Crippen molar-refractivity contribution in [2.45, 2.75) is 18.6 Å². The van der Waals surface area contributed by atoms with Crippen LogP contribution in [-0.4, -0.2) is 51.3 Å². The molecular weight excluding hydrogens is 287 g/mol. The summed E-state index contributed by atoms with van der Waals surface area (Å²) in [4.78, 5) is 13.9. The fourth-order valence-electron chi connectivity index (χ4n) is 2.50. The number of hydrogen-bond acceptors (Lipinski definition) is 4. The van der Waals surface area contributed by atoms with Crippen LogP contribution in [0.1, 0.15) is 16.9 Å². The van der Waals surface area contributed by atoms with E-state index in [0.29, 0.717) is 24.4 Å². The van der Waals surface area contributed by atoms with E-state index in [1.165, 1.54) is 12.1 Å². The number of halogens is 1. The van der Waals surface area contributed by atoms with Gasteiger partial charge in [0.15, 0.2) is 0 Å². The summed E-state index contributed by atoms with van der Waals surface area (Å²) in [6.45, 7) is 0.715. The predicted octanol–water partition coefficient (Wildman–Crippen LogP) is 0.750. The Balaban J connectivity index is 1.76. The normalized spacial score (nSPS) is 21.9. The Morgan fingerprint density at radius 2 is 2.14 bits per heavy atom. The maximum Gasteiger partial charge on any atom is 0.271 e. The summed E-state index contributed by atoms with van der Waals surface area (Å²) in [5.74, 6) is -0.555. The lowest BCUT2D eigenvalue weighted by Gasteiger charge is -2.33. The number of nitrogens with two attached hydrogens (primary N) is 1. The monoisotopic (exact) mass is 304 g/mol. The van der Waals surface area contributed by atoms with Gasteiger partial charge in [0.25, 0.3) is 5.91 Å². The molecule has 6 nitrogen and oxygen atoms in total. The van der Waals surface area contributed by atoms with E-state index in [1.54, 1.807) is 23.1 Å². The molecule has 22 heavy (non-hydrogen) atoms. The van der Waals surface area contributed by atoms with E-state index < -0.39 is 6.10 Å². The first-order valence-corrected chi connectivity index (χ1v) is 7.09. The van der Waals surface area contributed by atoms with Gasteiger partial charge in [0.05, 0.1) is 11.8 Å². The SMILES string of the molecule is N[C@@H]1CCN(C(=O)c2cc(-c3ccc(F)cc3)n[nH]2)C[C@H]1O. The van der Waals surface area contributed by atoms with Crippen molar-refractivity contribution in [3.8, 4) is 11.3 Å². The fourth-order valence-corrected chi connectivity index (χ4v) is 2.50. The number of aromatic nitrogens is 2. The molecule has 1 aromatic carbocycles. The molecule has 0 saturated carbocycles. The molecule has 0 unspecified atom stereocenters. The number of amides is 1. The Morgan fingerprint density at radius 3 is 2.82 bits per heavy atom. The van der Waals surface area contributed by atoms with Crippen LogP contribution in [0.25, 0.3) is 11.3 Å². The molecule has 2 atom stereocenters. The Bertz CT molecular complexity index is 670. The number of H-pyrrole nitrogens is 1. The molecule has 1 amide bonds. The Morgan fingerprint density at radius 1 is 1.41 bits per heavy atom. The number of carbonyl (C=O) groups excluding carboxylic acids is 1. The summed E-state index contributed by atoms with van der Waals surface area (Å²) in [5.41, 5.74) is 7.36. The van der Waals surface area contributed by atoms with Crippen molar-refractivity contribution in [3.63, 3.8) is 0 Å². The highest BCUT2D eigenvalue weighted by molar-refractivity contribution is 5.93. The number of piperidine rings is 1. The van der Waals surface area contributed by atoms with Gasteiger partial charge >= 0.3 is 0 Å². The van der Waals surface area contributed by atoms with Gasteiger partial charge in [-0.3, -0.25) is 9.89 Å². The first kappa shape index (κ1) is 14.7. The molecule has 1 aliphatic rings. The van der Waals surface area contributed by atoms with Gasteiger partial charge in [-0.1, -0.05) is 0 Å². The zero-order valence-electron chi connectivity index (χ0n) is 11.9. The third kappa shape index (κ3) is 2.86. The van der Waals surface area contributed by atoms with Crippen LogP contribution < -0.4 is 5.73 Å². The molecule has 1 fully saturated rings. The largest absolute Gasteiger partial charge is 0.390 e. The van der Waals surface area contributed by atoms with Crippen molar-refractivity contribution in [1.82, 2.24) is 15.1 Å². The van der Waals surface area contributed by atoms with E-state index in [-0.39, 0.29) is 24.3 Å². The minimum atomic E-state index is -0.711. The molecule has 1 saturated heterocycles. The predicted molar refractivity (Wildman–Crippen MR) is 78.5 cm³/mol. The molecule has 2 aromatic rings. The second-order valence-electron chi connectivity index (χ2n) is 5.44. The molecule has 1 aromatic heterocycles. The molecule has 116 valence electrons. The minimum Gasteiger partial charge on any atom is -0.390 e. The number of nitrogens with zero attached hydrogens (tertiary/aromatic N) is 2. The van der Waals surface area contributed by atoms with Crippen molar-refractivity contribution >= 4 is 5.91 Å². The summed E-state index contributed by atoms with van der Waals surface area (Å²) >= 11 is 0. The maximum absolute atomic E-state index is 12.9. The number of aliphatic hydroxyl groups excluding tert-OH is 1. The van der Waals surface area contributed by atoms with E-state index in [2.05, 4.69) is 10.2 Å². The first-order valence-electron chi connectivity index (χ1n) is 7.09. The Kier molecular flexibility index (Phi) is 3.91. The van der Waals surface area contributed by atoms with Crippen LogP contribution in [0.5, 0.6) is 0 Å². The number of likely N-dealkylation sites (tertiary alicyclic amines) is 1. The Hall–Kier alpha value is -2.25. The minimum absolute atomic E-state index is 0.213. The quantitative estimate of drug-likeness (QED) is 0.763. The van der Waals surface area contributed by atoms with E-state index in [4.69, 9.17) is 5.73 Å². The number of hydrogen-bond donors (Lipinski definition) is 3. The van der Waals surface area contributed by atoms with Gasteiger partial charge in [-0.05, 0) is 36.8 Å². The van der Waals surface area contributed by atoms with Crippen LogP contribution in [0.15, 0.2) is 30.3 Å². The second kappa shape index (κ2) is 5.86. The molecule has 0 aliphatic carbocycles. The summed E-state index contributed by atoms with van der Waals surface area (Å²) < 4.78 is 12.9. The number of rotatable bonds is 2. The summed E-state index contributed by atoms with van der Waals surface area (Å²) in [7, 11) is 0. The molecule has 1 aliphatic heterocycles. The molecular formula is C15H17FN4O2. The molecule has 0 spiro atoms. The number of β-amino-alcohol motifs (C(OH)–C–C–N with tert-alkyl or cyclic N) is 1. The van der Waals surface area contributed by atoms with Crippen LogP contribution in [0.2, 0.25) is 0 Å². The van der Waals surface area contributed by atoms with Gasteiger partial charge in [0, 0.05) is 24.7 Å². The van der Waals surface area contributed by atoms with Crippen LogP contribution in [0.4, 0.5) is 4.39 Å². The van der Waals surface area contributed by atoms with Gasteiger partial charge in [-0.2, -0.15) is 5.10 Å². The highest BCUT2D eigenvalue weighted by Crippen LogP contribution is 2.19. The number of carbonyl (C=O) groups is 1. The number of aliphatic hydroxyl groups is 1. The van der Waals surface area contributed by atoms with Gasteiger partial charge in [-0.25, -0.2) is 4.39 Å². The van der Waals surface area contributed by atoms with Gasteiger partial charge < -0.3 is 15.7 Å². The molecule has 2 heterocycles. The van der Waals surface area contributed by atoms with Crippen LogP contribution >= 0.6 is 0 Å². The van der Waals surface area contributed by atoms with Crippen LogP contribution in [0, 0.1) is 5.82 Å². The number of aromatic amines is 1. The Labute approximate surface area is 126 Å². The molecule has 3 rings (SSSR count). The zero-order chi connectivity index (χ0) is 15.7. The van der Waals surface area contributed by atoms with Gasteiger partial charge in [0.2, 0.25) is 0 Å². The topological polar surface area (TPSA) is 95.2 Å². The van der Waals surface area contributed by atoms with Gasteiger partial charge in [-0.15, -0.1) is 0 Å². The summed E-state index contributed by atoms with van der Waals surface area (Å²) in [6.07, 6.45) is -0.150. The van der Waals surface area contributed by atoms with Crippen LogP contribution in [0.3, 0.4) is 0 Å². The van der Waals surface area contributed by atoms with E-state index in [0.717, 1.165) is 5.56 Å². The standard InChI is InChI=1S/C15H17FN4O2/c16-10-3-1-9(2-4-10)12-7-13(19-18-12)15(22)20-6-5-11(17)14(21)8-20/h1-4,7,11,14,21H,5-6,8,17H2,(H,18,19)/t11-,14-/m1/s1. The zero-order valence-corrected chi connectivity index (χ0v) is 11.9. The van der Waals surface area contributed by atoms with Crippen molar-refractivity contribution in [2.75, 3.05) is 13.1 Å². The first-order chi connectivity index (χ1) is 10.5. The van der Waals surface area contributed by atoms with E-state index in [1.807, 2.05) is 0 Å².